The Bertz CT molecular complexity index is 378. The molecule has 0 bridgehead atoms. The standard InChI is InChI=1S/C13H24N4S/c1-6-7-8-17(5)13(14-4)15-9-12-16-10(2)11(3)18-12/h6-9H2,1-5H3,(H,14,15). The number of nitrogens with zero attached hydrogens (tertiary/aromatic N) is 3. The quantitative estimate of drug-likeness (QED) is 0.659. The normalized spacial score (nSPS) is 11.7. The molecule has 0 fully saturated rings. The lowest BCUT2D eigenvalue weighted by Crippen LogP contribution is -2.38. The average molecular weight is 268 g/mol. The van der Waals surface area contributed by atoms with E-state index in [9.17, 15) is 0 Å². The van der Waals surface area contributed by atoms with Gasteiger partial charge in [-0.25, -0.2) is 4.98 Å². The lowest BCUT2D eigenvalue weighted by molar-refractivity contribution is 0.464. The Morgan fingerprint density at radius 3 is 2.67 bits per heavy atom. The summed E-state index contributed by atoms with van der Waals surface area (Å²) >= 11 is 1.75. The first kappa shape index (κ1) is 15.0. The summed E-state index contributed by atoms with van der Waals surface area (Å²) in [7, 11) is 3.90. The molecule has 0 saturated heterocycles. The molecule has 0 saturated carbocycles. The largest absolute Gasteiger partial charge is 0.350 e. The average Bonchev–Trinajstić information content (AvgIpc) is 2.67. The molecule has 0 radical (unpaired) electrons. The first-order valence-electron chi connectivity index (χ1n) is 6.43. The monoisotopic (exact) mass is 268 g/mol. The van der Waals surface area contributed by atoms with Gasteiger partial charge in [-0.15, -0.1) is 11.3 Å². The van der Waals surface area contributed by atoms with Gasteiger partial charge in [-0.3, -0.25) is 4.99 Å². The second-order valence-corrected chi connectivity index (χ2v) is 5.71. The first-order valence-corrected chi connectivity index (χ1v) is 7.24. The highest BCUT2D eigenvalue weighted by Gasteiger charge is 2.07. The second kappa shape index (κ2) is 7.36. The van der Waals surface area contributed by atoms with E-state index >= 15 is 0 Å². The Balaban J connectivity index is 2.49. The second-order valence-electron chi connectivity index (χ2n) is 4.43. The van der Waals surface area contributed by atoms with E-state index < -0.39 is 0 Å². The van der Waals surface area contributed by atoms with E-state index in [4.69, 9.17) is 0 Å². The van der Waals surface area contributed by atoms with Crippen LogP contribution < -0.4 is 5.32 Å². The van der Waals surface area contributed by atoms with E-state index in [2.05, 4.69) is 48.0 Å². The predicted molar refractivity (Wildman–Crippen MR) is 79.3 cm³/mol. The van der Waals surface area contributed by atoms with Crippen LogP contribution in [0.25, 0.3) is 0 Å². The zero-order valence-electron chi connectivity index (χ0n) is 12.1. The van der Waals surface area contributed by atoms with E-state index in [0.717, 1.165) is 29.8 Å². The summed E-state index contributed by atoms with van der Waals surface area (Å²) in [4.78, 5) is 12.3. The number of nitrogens with one attached hydrogen (secondary N) is 1. The molecule has 0 aromatic carbocycles. The first-order chi connectivity index (χ1) is 8.58. The van der Waals surface area contributed by atoms with Gasteiger partial charge < -0.3 is 10.2 Å². The fraction of sp³-hybridized carbons (Fsp3) is 0.692. The van der Waals surface area contributed by atoms with Crippen molar-refractivity contribution in [1.29, 1.82) is 0 Å². The van der Waals surface area contributed by atoms with Crippen LogP contribution in [0, 0.1) is 13.8 Å². The smallest absolute Gasteiger partial charge is 0.193 e. The lowest BCUT2D eigenvalue weighted by atomic mass is 10.3. The van der Waals surface area contributed by atoms with Gasteiger partial charge in [0, 0.05) is 25.5 Å². The molecular weight excluding hydrogens is 244 g/mol. The summed E-state index contributed by atoms with van der Waals surface area (Å²) in [5, 5.41) is 4.48. The van der Waals surface area contributed by atoms with Gasteiger partial charge in [-0.2, -0.15) is 0 Å². The fourth-order valence-corrected chi connectivity index (χ4v) is 2.53. The van der Waals surface area contributed by atoms with Crippen LogP contribution >= 0.6 is 11.3 Å². The van der Waals surface area contributed by atoms with Crippen molar-refractivity contribution in [2.45, 2.75) is 40.2 Å². The van der Waals surface area contributed by atoms with Gasteiger partial charge in [0.25, 0.3) is 0 Å². The molecule has 5 heteroatoms. The number of hydrogen-bond donors (Lipinski definition) is 1. The predicted octanol–water partition coefficient (Wildman–Crippen LogP) is 2.57. The third-order valence-corrected chi connectivity index (χ3v) is 3.96. The molecule has 1 rings (SSSR count). The minimum absolute atomic E-state index is 0.752. The van der Waals surface area contributed by atoms with Gasteiger partial charge in [-0.05, 0) is 20.3 Å². The molecular formula is C13H24N4S. The highest BCUT2D eigenvalue weighted by molar-refractivity contribution is 7.11. The number of rotatable bonds is 5. The number of aryl methyl sites for hydroxylation is 2. The Kier molecular flexibility index (Phi) is 6.12. The van der Waals surface area contributed by atoms with Crippen LogP contribution in [0.2, 0.25) is 0 Å². The van der Waals surface area contributed by atoms with Crippen molar-refractivity contribution < 1.29 is 0 Å². The summed E-state index contributed by atoms with van der Waals surface area (Å²) in [5.41, 5.74) is 1.13. The zero-order valence-corrected chi connectivity index (χ0v) is 12.9. The van der Waals surface area contributed by atoms with Crippen molar-refractivity contribution >= 4 is 17.3 Å². The fourth-order valence-electron chi connectivity index (χ4n) is 1.66. The molecule has 0 aliphatic carbocycles. The van der Waals surface area contributed by atoms with Crippen molar-refractivity contribution in [2.24, 2.45) is 4.99 Å². The van der Waals surface area contributed by atoms with E-state index in [-0.39, 0.29) is 0 Å². The SMILES string of the molecule is CCCCN(C)C(=NC)NCc1nc(C)c(C)s1. The minimum atomic E-state index is 0.752. The molecule has 0 atom stereocenters. The Labute approximate surface area is 114 Å². The van der Waals surface area contributed by atoms with Crippen LogP contribution in [0.3, 0.4) is 0 Å². The summed E-state index contributed by atoms with van der Waals surface area (Å²) in [6, 6.07) is 0. The molecule has 1 N–H and O–H groups in total. The third kappa shape index (κ3) is 4.29. The van der Waals surface area contributed by atoms with E-state index in [1.54, 1.807) is 11.3 Å². The van der Waals surface area contributed by atoms with Gasteiger partial charge in [0.15, 0.2) is 5.96 Å². The van der Waals surface area contributed by atoms with Gasteiger partial charge in [0.1, 0.15) is 5.01 Å². The molecule has 0 amide bonds. The maximum atomic E-state index is 4.52. The molecule has 0 unspecified atom stereocenters. The number of thiazole rings is 1. The van der Waals surface area contributed by atoms with Crippen LogP contribution in [0.5, 0.6) is 0 Å². The lowest BCUT2D eigenvalue weighted by Gasteiger charge is -2.21. The van der Waals surface area contributed by atoms with Crippen LogP contribution in [0.15, 0.2) is 4.99 Å². The Morgan fingerprint density at radius 2 is 2.17 bits per heavy atom. The Morgan fingerprint density at radius 1 is 1.44 bits per heavy atom. The van der Waals surface area contributed by atoms with Gasteiger partial charge in [-0.1, -0.05) is 13.3 Å². The number of unbranched alkanes of at least 4 members (excludes halogenated alkanes) is 1. The highest BCUT2D eigenvalue weighted by Crippen LogP contribution is 2.15. The van der Waals surface area contributed by atoms with Crippen molar-refractivity contribution in [1.82, 2.24) is 15.2 Å². The molecule has 102 valence electrons. The number of aromatic nitrogens is 1. The van der Waals surface area contributed by atoms with E-state index in [1.807, 2.05) is 7.05 Å². The van der Waals surface area contributed by atoms with Crippen LogP contribution in [-0.2, 0) is 6.54 Å². The highest BCUT2D eigenvalue weighted by atomic mass is 32.1. The van der Waals surface area contributed by atoms with Gasteiger partial charge in [0.2, 0.25) is 0 Å². The molecule has 18 heavy (non-hydrogen) atoms. The summed E-state index contributed by atoms with van der Waals surface area (Å²) in [6.45, 7) is 8.15. The van der Waals surface area contributed by atoms with Crippen LogP contribution in [0.4, 0.5) is 0 Å². The summed E-state index contributed by atoms with van der Waals surface area (Å²) < 4.78 is 0. The van der Waals surface area contributed by atoms with Crippen LogP contribution in [0.1, 0.15) is 35.3 Å². The minimum Gasteiger partial charge on any atom is -0.350 e. The van der Waals surface area contributed by atoms with Gasteiger partial charge in [0.05, 0.1) is 12.2 Å². The maximum Gasteiger partial charge on any atom is 0.193 e. The third-order valence-electron chi connectivity index (χ3n) is 2.89. The van der Waals surface area contributed by atoms with Crippen molar-refractivity contribution in [3.05, 3.63) is 15.6 Å². The van der Waals surface area contributed by atoms with Crippen LogP contribution in [-0.4, -0.2) is 36.5 Å². The Hall–Kier alpha value is -1.10. The maximum absolute atomic E-state index is 4.52. The molecule has 0 aliphatic heterocycles. The van der Waals surface area contributed by atoms with E-state index in [0.29, 0.717) is 0 Å². The molecule has 1 aromatic rings. The molecule has 0 aliphatic rings. The summed E-state index contributed by atoms with van der Waals surface area (Å²) in [6.07, 6.45) is 2.39. The number of hydrogen-bond acceptors (Lipinski definition) is 3. The number of aliphatic imine (C=N–C) groups is 1. The van der Waals surface area contributed by atoms with Crippen molar-refractivity contribution in [2.75, 3.05) is 20.6 Å². The zero-order chi connectivity index (χ0) is 13.5. The van der Waals surface area contributed by atoms with E-state index in [1.165, 1.54) is 17.7 Å². The molecule has 1 heterocycles. The van der Waals surface area contributed by atoms with Gasteiger partial charge >= 0.3 is 0 Å². The molecule has 0 spiro atoms. The van der Waals surface area contributed by atoms with Crippen molar-refractivity contribution in [3.63, 3.8) is 0 Å². The molecule has 4 nitrogen and oxygen atoms in total. The van der Waals surface area contributed by atoms with Crippen molar-refractivity contribution in [3.8, 4) is 0 Å². The number of guanidine groups is 1. The topological polar surface area (TPSA) is 40.5 Å². The summed E-state index contributed by atoms with van der Waals surface area (Å²) in [5.74, 6) is 0.939. The molecule has 1 aromatic heterocycles.